The Bertz CT molecular complexity index is 248. The summed E-state index contributed by atoms with van der Waals surface area (Å²) in [5.41, 5.74) is 1.93. The number of hydroxylamine groups is 1. The van der Waals surface area contributed by atoms with E-state index in [4.69, 9.17) is 10.4 Å². The molecule has 0 bridgehead atoms. The molecule has 0 aliphatic rings. The summed E-state index contributed by atoms with van der Waals surface area (Å²) in [6.07, 6.45) is 4.23. The molecule has 0 amide bonds. The molecule has 0 aliphatic carbocycles. The smallest absolute Gasteiger partial charge is 0.216 e. The van der Waals surface area contributed by atoms with Gasteiger partial charge in [-0.25, -0.2) is 10.5 Å². The SMILES string of the molecule is O/N=C(\NO)c1cnccn1. The summed E-state index contributed by atoms with van der Waals surface area (Å²) >= 11 is 0. The molecule has 6 heteroatoms. The first-order valence-corrected chi connectivity index (χ1v) is 2.77. The van der Waals surface area contributed by atoms with Crippen LogP contribution in [0.15, 0.2) is 23.7 Å². The maximum atomic E-state index is 8.37. The third-order valence-electron chi connectivity index (χ3n) is 1.01. The Labute approximate surface area is 62.2 Å². The molecule has 0 aromatic carbocycles. The largest absolute Gasteiger partial charge is 0.409 e. The van der Waals surface area contributed by atoms with Crippen molar-refractivity contribution in [3.63, 3.8) is 0 Å². The lowest BCUT2D eigenvalue weighted by molar-refractivity contribution is 0.223. The molecule has 1 heterocycles. The third kappa shape index (κ3) is 1.62. The van der Waals surface area contributed by atoms with E-state index in [0.717, 1.165) is 0 Å². The fourth-order valence-corrected chi connectivity index (χ4v) is 0.552. The van der Waals surface area contributed by atoms with Crippen LogP contribution in [0.25, 0.3) is 0 Å². The molecule has 0 fully saturated rings. The van der Waals surface area contributed by atoms with Crippen molar-refractivity contribution in [1.29, 1.82) is 0 Å². The quantitative estimate of drug-likeness (QED) is 0.221. The Balaban J connectivity index is 2.92. The zero-order valence-electron chi connectivity index (χ0n) is 5.47. The van der Waals surface area contributed by atoms with Crippen LogP contribution in [-0.4, -0.2) is 26.2 Å². The molecule has 3 N–H and O–H groups in total. The average Bonchev–Trinajstić information content (AvgIpc) is 2.09. The number of oxime groups is 1. The van der Waals surface area contributed by atoms with Gasteiger partial charge >= 0.3 is 0 Å². The summed E-state index contributed by atoms with van der Waals surface area (Å²) in [6, 6.07) is 0. The summed E-state index contributed by atoms with van der Waals surface area (Å²) in [4.78, 5) is 7.44. The number of nitrogens with zero attached hydrogens (tertiary/aromatic N) is 3. The first-order chi connectivity index (χ1) is 5.38. The summed E-state index contributed by atoms with van der Waals surface area (Å²) in [5, 5.41) is 19.4. The van der Waals surface area contributed by atoms with Gasteiger partial charge < -0.3 is 5.21 Å². The Kier molecular flexibility index (Phi) is 2.34. The molecule has 11 heavy (non-hydrogen) atoms. The van der Waals surface area contributed by atoms with Gasteiger partial charge in [-0.15, -0.1) is 0 Å². The number of hydrogen-bond donors (Lipinski definition) is 3. The highest BCUT2D eigenvalue weighted by Gasteiger charge is 2.01. The van der Waals surface area contributed by atoms with Crippen molar-refractivity contribution in [2.75, 3.05) is 0 Å². The number of aromatic nitrogens is 2. The van der Waals surface area contributed by atoms with Gasteiger partial charge in [0.25, 0.3) is 0 Å². The summed E-state index contributed by atoms with van der Waals surface area (Å²) in [7, 11) is 0. The molecule has 0 atom stereocenters. The first kappa shape index (κ1) is 7.42. The standard InChI is InChI=1S/C5H6N4O2/c10-8-5(9-11)4-3-6-1-2-7-4/h1-3,10-11H,(H,8,9). The highest BCUT2D eigenvalue weighted by Crippen LogP contribution is 1.89. The Morgan fingerprint density at radius 3 is 2.82 bits per heavy atom. The monoisotopic (exact) mass is 154 g/mol. The highest BCUT2D eigenvalue weighted by molar-refractivity contribution is 5.95. The van der Waals surface area contributed by atoms with Gasteiger partial charge in [0.15, 0.2) is 0 Å². The van der Waals surface area contributed by atoms with E-state index in [9.17, 15) is 0 Å². The summed E-state index contributed by atoms with van der Waals surface area (Å²) in [5.74, 6) is -0.141. The van der Waals surface area contributed by atoms with Crippen molar-refractivity contribution in [3.8, 4) is 0 Å². The van der Waals surface area contributed by atoms with Crippen LogP contribution in [0, 0.1) is 0 Å². The molecule has 58 valence electrons. The molecule has 0 spiro atoms. The van der Waals surface area contributed by atoms with Crippen LogP contribution < -0.4 is 5.48 Å². The lowest BCUT2D eigenvalue weighted by Gasteiger charge is -1.97. The molecule has 1 aromatic heterocycles. The van der Waals surface area contributed by atoms with Crippen LogP contribution in [0.2, 0.25) is 0 Å². The summed E-state index contributed by atoms with van der Waals surface area (Å²) < 4.78 is 0. The van der Waals surface area contributed by atoms with Crippen molar-refractivity contribution in [1.82, 2.24) is 15.4 Å². The molecular weight excluding hydrogens is 148 g/mol. The predicted molar refractivity (Wildman–Crippen MR) is 35.3 cm³/mol. The molecule has 1 aromatic rings. The van der Waals surface area contributed by atoms with E-state index in [0.29, 0.717) is 0 Å². The van der Waals surface area contributed by atoms with E-state index >= 15 is 0 Å². The predicted octanol–water partition coefficient (Wildman–Crippen LogP) is -0.409. The minimum atomic E-state index is -0.141. The van der Waals surface area contributed by atoms with Crippen LogP contribution in [0.5, 0.6) is 0 Å². The minimum Gasteiger partial charge on any atom is -0.409 e. The van der Waals surface area contributed by atoms with E-state index in [2.05, 4.69) is 15.1 Å². The van der Waals surface area contributed by atoms with Gasteiger partial charge in [0.2, 0.25) is 5.84 Å². The molecule has 1 rings (SSSR count). The van der Waals surface area contributed by atoms with Crippen LogP contribution in [0.1, 0.15) is 5.69 Å². The molecule has 0 unspecified atom stereocenters. The van der Waals surface area contributed by atoms with Crippen molar-refractivity contribution in [2.24, 2.45) is 5.16 Å². The summed E-state index contributed by atoms with van der Waals surface area (Å²) in [6.45, 7) is 0. The molecule has 0 saturated heterocycles. The first-order valence-electron chi connectivity index (χ1n) is 2.77. The van der Waals surface area contributed by atoms with Crippen LogP contribution in [-0.2, 0) is 0 Å². The van der Waals surface area contributed by atoms with Gasteiger partial charge in [-0.1, -0.05) is 5.16 Å². The van der Waals surface area contributed by atoms with Crippen LogP contribution in [0.3, 0.4) is 0 Å². The second-order valence-corrected chi connectivity index (χ2v) is 1.65. The molecule has 0 radical (unpaired) electrons. The van der Waals surface area contributed by atoms with Gasteiger partial charge in [0, 0.05) is 12.4 Å². The topological polar surface area (TPSA) is 90.6 Å². The van der Waals surface area contributed by atoms with Gasteiger partial charge in [-0.3, -0.25) is 10.2 Å². The molecular formula is C5H6N4O2. The molecule has 0 aliphatic heterocycles. The highest BCUT2D eigenvalue weighted by atomic mass is 16.5. The van der Waals surface area contributed by atoms with E-state index < -0.39 is 0 Å². The second-order valence-electron chi connectivity index (χ2n) is 1.65. The zero-order chi connectivity index (χ0) is 8.10. The lowest BCUT2D eigenvalue weighted by Crippen LogP contribution is -2.21. The number of hydrogen-bond acceptors (Lipinski definition) is 5. The number of nitrogens with one attached hydrogen (secondary N) is 1. The Hall–Kier alpha value is -1.69. The van der Waals surface area contributed by atoms with Crippen molar-refractivity contribution < 1.29 is 10.4 Å². The molecule has 0 saturated carbocycles. The second kappa shape index (κ2) is 3.47. The minimum absolute atomic E-state index is 0.141. The maximum Gasteiger partial charge on any atom is 0.216 e. The maximum absolute atomic E-state index is 8.37. The number of amidine groups is 1. The van der Waals surface area contributed by atoms with Gasteiger partial charge in [0.05, 0.1) is 6.20 Å². The normalized spacial score (nSPS) is 11.2. The van der Waals surface area contributed by atoms with Crippen LogP contribution in [0.4, 0.5) is 0 Å². The van der Waals surface area contributed by atoms with Gasteiger partial charge in [-0.05, 0) is 0 Å². The Morgan fingerprint density at radius 1 is 1.55 bits per heavy atom. The van der Waals surface area contributed by atoms with Gasteiger partial charge in [0.1, 0.15) is 5.69 Å². The van der Waals surface area contributed by atoms with Crippen molar-refractivity contribution in [2.45, 2.75) is 0 Å². The number of rotatable bonds is 1. The van der Waals surface area contributed by atoms with E-state index in [-0.39, 0.29) is 11.5 Å². The van der Waals surface area contributed by atoms with E-state index in [1.807, 2.05) is 0 Å². The lowest BCUT2D eigenvalue weighted by atomic mass is 10.4. The average molecular weight is 154 g/mol. The van der Waals surface area contributed by atoms with E-state index in [1.54, 1.807) is 5.48 Å². The van der Waals surface area contributed by atoms with Crippen molar-refractivity contribution in [3.05, 3.63) is 24.3 Å². The Morgan fingerprint density at radius 2 is 2.36 bits per heavy atom. The van der Waals surface area contributed by atoms with Crippen molar-refractivity contribution >= 4 is 5.84 Å². The zero-order valence-corrected chi connectivity index (χ0v) is 5.47. The third-order valence-corrected chi connectivity index (χ3v) is 1.01. The molecule has 6 nitrogen and oxygen atoms in total. The fourth-order valence-electron chi connectivity index (χ4n) is 0.552. The fraction of sp³-hybridized carbons (Fsp3) is 0. The van der Waals surface area contributed by atoms with Gasteiger partial charge in [-0.2, -0.15) is 0 Å². The van der Waals surface area contributed by atoms with Crippen LogP contribution >= 0.6 is 0 Å². The van der Waals surface area contributed by atoms with E-state index in [1.165, 1.54) is 18.6 Å².